The Kier molecular flexibility index (Phi) is 5.95. The highest BCUT2D eigenvalue weighted by Crippen LogP contribution is 2.24. The van der Waals surface area contributed by atoms with Crippen LogP contribution < -0.4 is 20.4 Å². The minimum absolute atomic E-state index is 0.0130. The monoisotopic (exact) mass is 361 g/mol. The Balaban J connectivity index is 1.50. The molecule has 0 spiro atoms. The van der Waals surface area contributed by atoms with E-state index in [4.69, 9.17) is 4.74 Å². The van der Waals surface area contributed by atoms with Crippen molar-refractivity contribution in [1.29, 1.82) is 0 Å². The van der Waals surface area contributed by atoms with Crippen molar-refractivity contribution in [3.63, 3.8) is 0 Å². The van der Waals surface area contributed by atoms with E-state index in [0.29, 0.717) is 19.6 Å². The molecule has 26 heavy (non-hydrogen) atoms. The van der Waals surface area contributed by atoms with Crippen LogP contribution in [0.15, 0.2) is 24.3 Å². The zero-order valence-corrected chi connectivity index (χ0v) is 15.4. The van der Waals surface area contributed by atoms with E-state index in [9.17, 15) is 9.59 Å². The molecule has 2 saturated heterocycles. The highest BCUT2D eigenvalue weighted by molar-refractivity contribution is 5.96. The summed E-state index contributed by atoms with van der Waals surface area (Å²) in [5, 5.41) is 4.82. The molecule has 2 aliphatic heterocycles. The summed E-state index contributed by atoms with van der Waals surface area (Å²) in [6, 6.07) is 7.01. The number of ether oxygens (including phenoxy) is 1. The first-order valence-electron chi connectivity index (χ1n) is 9.09. The largest absolute Gasteiger partial charge is 0.494 e. The van der Waals surface area contributed by atoms with Crippen molar-refractivity contribution in [2.24, 2.45) is 0 Å². The van der Waals surface area contributed by atoms with Crippen molar-refractivity contribution in [3.05, 3.63) is 24.3 Å². The Hall–Kier alpha value is -2.32. The van der Waals surface area contributed by atoms with Crippen LogP contribution in [0, 0.1) is 0 Å². The highest BCUT2D eigenvalue weighted by Gasteiger charge is 2.32. The van der Waals surface area contributed by atoms with Gasteiger partial charge >= 0.3 is 6.03 Å². The molecule has 0 aromatic heterocycles. The lowest BCUT2D eigenvalue weighted by Gasteiger charge is -2.32. The predicted molar refractivity (Wildman–Crippen MR) is 99.1 cm³/mol. The van der Waals surface area contributed by atoms with Gasteiger partial charge in [-0.2, -0.15) is 0 Å². The zero-order valence-electron chi connectivity index (χ0n) is 15.4. The molecule has 1 aromatic rings. The summed E-state index contributed by atoms with van der Waals surface area (Å²) in [5.41, 5.74) is 3.69. The van der Waals surface area contributed by atoms with Gasteiger partial charge in [0.2, 0.25) is 5.91 Å². The lowest BCUT2D eigenvalue weighted by Crippen LogP contribution is -2.56. The maximum absolute atomic E-state index is 12.3. The standard InChI is InChI=1S/C18H27N5O3/c1-3-26-16-6-4-15(5-7-16)23-13-14(12-17(23)24)19-18(25)20-22-10-8-21(2)9-11-22/h4-7,14H,3,8-13H2,1-2H3,(H2,19,20,25). The van der Waals surface area contributed by atoms with Crippen molar-refractivity contribution >= 4 is 17.6 Å². The van der Waals surface area contributed by atoms with Crippen molar-refractivity contribution in [1.82, 2.24) is 20.7 Å². The molecular weight excluding hydrogens is 334 g/mol. The average Bonchev–Trinajstić information content (AvgIpc) is 2.98. The van der Waals surface area contributed by atoms with Crippen LogP contribution in [0.1, 0.15) is 13.3 Å². The minimum atomic E-state index is -0.249. The number of rotatable bonds is 5. The van der Waals surface area contributed by atoms with Crippen LogP contribution >= 0.6 is 0 Å². The number of hydrogen-bond acceptors (Lipinski definition) is 5. The first kappa shape index (κ1) is 18.5. The van der Waals surface area contributed by atoms with Gasteiger partial charge in [0.15, 0.2) is 0 Å². The zero-order chi connectivity index (χ0) is 18.5. The van der Waals surface area contributed by atoms with Gasteiger partial charge in [0.25, 0.3) is 0 Å². The number of benzene rings is 1. The lowest BCUT2D eigenvalue weighted by molar-refractivity contribution is -0.117. The molecule has 3 amide bonds. The summed E-state index contributed by atoms with van der Waals surface area (Å²) < 4.78 is 5.43. The third-order valence-corrected chi connectivity index (χ3v) is 4.68. The van der Waals surface area contributed by atoms with Crippen molar-refractivity contribution in [2.75, 3.05) is 51.3 Å². The molecule has 2 fully saturated rings. The van der Waals surface area contributed by atoms with E-state index in [0.717, 1.165) is 37.6 Å². The van der Waals surface area contributed by atoms with Crippen LogP contribution in [0.5, 0.6) is 5.75 Å². The predicted octanol–water partition coefficient (Wildman–Crippen LogP) is 0.652. The first-order valence-corrected chi connectivity index (χ1v) is 9.09. The Morgan fingerprint density at radius 3 is 2.54 bits per heavy atom. The molecule has 2 aliphatic rings. The van der Waals surface area contributed by atoms with Crippen molar-refractivity contribution in [3.8, 4) is 5.75 Å². The van der Waals surface area contributed by atoms with Gasteiger partial charge in [-0.25, -0.2) is 9.80 Å². The first-order chi connectivity index (χ1) is 12.5. The molecular formula is C18H27N5O3. The summed E-state index contributed by atoms with van der Waals surface area (Å²) >= 11 is 0. The fourth-order valence-electron chi connectivity index (χ4n) is 3.22. The summed E-state index contributed by atoms with van der Waals surface area (Å²) in [7, 11) is 2.07. The molecule has 1 aromatic carbocycles. The van der Waals surface area contributed by atoms with Gasteiger partial charge in [-0.1, -0.05) is 0 Å². The number of nitrogens with one attached hydrogen (secondary N) is 2. The maximum atomic E-state index is 12.3. The number of amides is 3. The number of likely N-dealkylation sites (N-methyl/N-ethyl adjacent to an activating group) is 1. The molecule has 2 N–H and O–H groups in total. The molecule has 3 rings (SSSR count). The van der Waals surface area contributed by atoms with Crippen LogP contribution in [0.3, 0.4) is 0 Å². The van der Waals surface area contributed by atoms with Gasteiger partial charge in [0.05, 0.1) is 12.6 Å². The molecule has 2 heterocycles. The van der Waals surface area contributed by atoms with E-state index in [1.807, 2.05) is 36.2 Å². The molecule has 142 valence electrons. The van der Waals surface area contributed by atoms with Gasteiger partial charge in [0.1, 0.15) is 5.75 Å². The molecule has 0 radical (unpaired) electrons. The molecule has 1 unspecified atom stereocenters. The molecule has 8 heteroatoms. The fourth-order valence-corrected chi connectivity index (χ4v) is 3.22. The lowest BCUT2D eigenvalue weighted by atomic mass is 10.2. The van der Waals surface area contributed by atoms with Crippen LogP contribution in [0.2, 0.25) is 0 Å². The number of urea groups is 1. The van der Waals surface area contributed by atoms with Gasteiger partial charge in [-0.05, 0) is 38.2 Å². The van der Waals surface area contributed by atoms with E-state index in [1.165, 1.54) is 0 Å². The summed E-state index contributed by atoms with van der Waals surface area (Å²) in [6.07, 6.45) is 0.309. The van der Waals surface area contributed by atoms with Gasteiger partial charge in [-0.15, -0.1) is 0 Å². The van der Waals surface area contributed by atoms with Gasteiger partial charge in [0, 0.05) is 44.8 Å². The Morgan fingerprint density at radius 1 is 1.19 bits per heavy atom. The Bertz CT molecular complexity index is 628. The minimum Gasteiger partial charge on any atom is -0.494 e. The van der Waals surface area contributed by atoms with E-state index >= 15 is 0 Å². The third kappa shape index (κ3) is 4.64. The van der Waals surface area contributed by atoms with Gasteiger partial charge in [-0.3, -0.25) is 10.2 Å². The molecule has 8 nitrogen and oxygen atoms in total. The smallest absolute Gasteiger partial charge is 0.329 e. The number of carbonyl (C=O) groups excluding carboxylic acids is 2. The van der Waals surface area contributed by atoms with E-state index < -0.39 is 0 Å². The normalized spacial score (nSPS) is 21.7. The topological polar surface area (TPSA) is 77.2 Å². The average molecular weight is 361 g/mol. The number of hydrogen-bond donors (Lipinski definition) is 2. The Morgan fingerprint density at radius 2 is 1.88 bits per heavy atom. The van der Waals surface area contributed by atoms with E-state index in [-0.39, 0.29) is 18.0 Å². The SMILES string of the molecule is CCOc1ccc(N2CC(NC(=O)NN3CCN(C)CC3)CC2=O)cc1. The maximum Gasteiger partial charge on any atom is 0.329 e. The third-order valence-electron chi connectivity index (χ3n) is 4.68. The van der Waals surface area contributed by atoms with Crippen molar-refractivity contribution < 1.29 is 14.3 Å². The highest BCUT2D eigenvalue weighted by atomic mass is 16.5. The fraction of sp³-hybridized carbons (Fsp3) is 0.556. The second-order valence-corrected chi connectivity index (χ2v) is 6.71. The molecule has 0 saturated carbocycles. The van der Waals surface area contributed by atoms with Crippen LogP contribution in [0.4, 0.5) is 10.5 Å². The number of hydrazine groups is 1. The number of carbonyl (C=O) groups is 2. The number of piperazine rings is 1. The molecule has 1 atom stereocenters. The Labute approximate surface area is 154 Å². The van der Waals surface area contributed by atoms with Crippen LogP contribution in [0.25, 0.3) is 0 Å². The summed E-state index contributed by atoms with van der Waals surface area (Å²) in [5.74, 6) is 0.795. The molecule has 0 aliphatic carbocycles. The number of nitrogens with zero attached hydrogens (tertiary/aromatic N) is 3. The second kappa shape index (κ2) is 8.37. The number of anilines is 1. The van der Waals surface area contributed by atoms with Crippen LogP contribution in [-0.2, 0) is 4.79 Å². The van der Waals surface area contributed by atoms with E-state index in [2.05, 4.69) is 22.7 Å². The van der Waals surface area contributed by atoms with E-state index in [1.54, 1.807) is 4.90 Å². The second-order valence-electron chi connectivity index (χ2n) is 6.71. The van der Waals surface area contributed by atoms with Crippen molar-refractivity contribution in [2.45, 2.75) is 19.4 Å². The molecule has 0 bridgehead atoms. The summed E-state index contributed by atoms with van der Waals surface area (Å²) in [4.78, 5) is 28.4. The van der Waals surface area contributed by atoms with Gasteiger partial charge < -0.3 is 19.9 Å². The van der Waals surface area contributed by atoms with Crippen LogP contribution in [-0.4, -0.2) is 74.3 Å². The quantitative estimate of drug-likeness (QED) is 0.805. The summed E-state index contributed by atoms with van der Waals surface area (Å²) in [6.45, 7) is 6.46.